The molecule has 3 heteroatoms. The summed E-state index contributed by atoms with van der Waals surface area (Å²) in [6, 6.07) is 2.78. The van der Waals surface area contributed by atoms with E-state index >= 15 is 0 Å². The third-order valence-electron chi connectivity index (χ3n) is 3.75. The highest BCUT2D eigenvalue weighted by atomic mass is 79.9. The van der Waals surface area contributed by atoms with E-state index in [9.17, 15) is 0 Å². The normalized spacial score (nSPS) is 33.3. The summed E-state index contributed by atoms with van der Waals surface area (Å²) >= 11 is 3.53. The minimum atomic E-state index is 0.728. The van der Waals surface area contributed by atoms with Gasteiger partial charge < -0.3 is 5.32 Å². The van der Waals surface area contributed by atoms with Crippen molar-refractivity contribution in [1.29, 1.82) is 0 Å². The average molecular weight is 267 g/mol. The fraction of sp³-hybridized carbons (Fsp3) is 0.583. The maximum atomic E-state index is 4.08. The number of pyridine rings is 1. The van der Waals surface area contributed by atoms with Crippen LogP contribution in [0.4, 0.5) is 5.69 Å². The summed E-state index contributed by atoms with van der Waals surface area (Å²) in [5, 5.41) is 3.64. The van der Waals surface area contributed by atoms with Gasteiger partial charge in [0.25, 0.3) is 0 Å². The van der Waals surface area contributed by atoms with Crippen molar-refractivity contribution in [3.63, 3.8) is 0 Å². The van der Waals surface area contributed by atoms with Crippen LogP contribution in [0, 0.1) is 11.8 Å². The standard InChI is InChI=1S/C12H15BrN2/c13-10-7-14-6-5-11(10)15-12-8-3-1-2-4-9(8)12/h5-9,12H,1-4H2,(H,14,15). The minimum Gasteiger partial charge on any atom is -0.381 e. The van der Waals surface area contributed by atoms with Crippen LogP contribution < -0.4 is 5.32 Å². The molecule has 1 N–H and O–H groups in total. The molecule has 2 nitrogen and oxygen atoms in total. The fourth-order valence-corrected chi connectivity index (χ4v) is 3.24. The molecule has 3 rings (SSSR count). The van der Waals surface area contributed by atoms with Gasteiger partial charge in [-0.2, -0.15) is 0 Å². The van der Waals surface area contributed by atoms with E-state index in [0.29, 0.717) is 0 Å². The highest BCUT2D eigenvalue weighted by Crippen LogP contribution is 2.51. The Kier molecular flexibility index (Phi) is 2.43. The first-order valence-corrected chi connectivity index (χ1v) is 6.51. The molecule has 15 heavy (non-hydrogen) atoms. The third kappa shape index (κ3) is 1.78. The molecule has 1 aromatic heterocycles. The predicted molar refractivity (Wildman–Crippen MR) is 64.8 cm³/mol. The fourth-order valence-electron chi connectivity index (χ4n) is 2.88. The first-order valence-electron chi connectivity index (χ1n) is 5.72. The highest BCUT2D eigenvalue weighted by molar-refractivity contribution is 9.10. The number of hydrogen-bond donors (Lipinski definition) is 1. The molecule has 0 aromatic carbocycles. The Morgan fingerprint density at radius 3 is 2.67 bits per heavy atom. The molecule has 0 spiro atoms. The van der Waals surface area contributed by atoms with Gasteiger partial charge in [0.1, 0.15) is 0 Å². The number of rotatable bonds is 2. The van der Waals surface area contributed by atoms with E-state index in [0.717, 1.165) is 22.4 Å². The Hall–Kier alpha value is -0.570. The van der Waals surface area contributed by atoms with E-state index in [1.807, 2.05) is 12.4 Å². The van der Waals surface area contributed by atoms with Gasteiger partial charge in [-0.05, 0) is 46.7 Å². The topological polar surface area (TPSA) is 24.9 Å². The average Bonchev–Trinajstić information content (AvgIpc) is 2.96. The highest BCUT2D eigenvalue weighted by Gasteiger charge is 2.50. The lowest BCUT2D eigenvalue weighted by atomic mass is 10.0. The predicted octanol–water partition coefficient (Wildman–Crippen LogP) is 3.44. The molecule has 0 bridgehead atoms. The number of anilines is 1. The van der Waals surface area contributed by atoms with Gasteiger partial charge in [-0.3, -0.25) is 4.98 Å². The molecular formula is C12H15BrN2. The quantitative estimate of drug-likeness (QED) is 0.887. The lowest BCUT2D eigenvalue weighted by Gasteiger charge is -2.06. The van der Waals surface area contributed by atoms with Crippen LogP contribution in [0.3, 0.4) is 0 Å². The van der Waals surface area contributed by atoms with Crippen molar-refractivity contribution in [3.8, 4) is 0 Å². The van der Waals surface area contributed by atoms with E-state index in [2.05, 4.69) is 32.3 Å². The number of halogens is 1. The van der Waals surface area contributed by atoms with Gasteiger partial charge in [-0.1, -0.05) is 12.8 Å². The molecule has 2 fully saturated rings. The Morgan fingerprint density at radius 2 is 2.00 bits per heavy atom. The first-order chi connectivity index (χ1) is 7.36. The summed E-state index contributed by atoms with van der Waals surface area (Å²) in [6.07, 6.45) is 9.40. The Balaban J connectivity index is 1.69. The van der Waals surface area contributed by atoms with E-state index < -0.39 is 0 Å². The van der Waals surface area contributed by atoms with Crippen LogP contribution in [0.15, 0.2) is 22.9 Å². The van der Waals surface area contributed by atoms with Crippen molar-refractivity contribution in [1.82, 2.24) is 4.98 Å². The second-order valence-electron chi connectivity index (χ2n) is 4.64. The summed E-state index contributed by atoms with van der Waals surface area (Å²) in [4.78, 5) is 4.08. The van der Waals surface area contributed by atoms with E-state index in [4.69, 9.17) is 0 Å². The maximum absolute atomic E-state index is 4.08. The molecule has 0 amide bonds. The first kappa shape index (κ1) is 9.64. The Morgan fingerprint density at radius 1 is 1.27 bits per heavy atom. The zero-order valence-electron chi connectivity index (χ0n) is 8.62. The van der Waals surface area contributed by atoms with Crippen molar-refractivity contribution in [2.75, 3.05) is 5.32 Å². The van der Waals surface area contributed by atoms with Gasteiger partial charge in [0.05, 0.1) is 10.2 Å². The largest absolute Gasteiger partial charge is 0.381 e. The second kappa shape index (κ2) is 3.78. The van der Waals surface area contributed by atoms with E-state index in [1.165, 1.54) is 31.4 Å². The summed E-state index contributed by atoms with van der Waals surface area (Å²) < 4.78 is 1.08. The van der Waals surface area contributed by atoms with Crippen LogP contribution in [0.25, 0.3) is 0 Å². The molecule has 0 saturated heterocycles. The van der Waals surface area contributed by atoms with Crippen LogP contribution >= 0.6 is 15.9 Å². The number of nitrogens with one attached hydrogen (secondary N) is 1. The molecule has 80 valence electrons. The zero-order valence-corrected chi connectivity index (χ0v) is 10.2. The van der Waals surface area contributed by atoms with Crippen molar-refractivity contribution < 1.29 is 0 Å². The molecule has 1 aromatic rings. The summed E-state index contributed by atoms with van der Waals surface area (Å²) in [6.45, 7) is 0. The molecule has 0 aliphatic heterocycles. The number of nitrogens with zero attached hydrogens (tertiary/aromatic N) is 1. The summed E-state index contributed by atoms with van der Waals surface area (Å²) in [5.74, 6) is 1.89. The molecule has 0 radical (unpaired) electrons. The summed E-state index contributed by atoms with van der Waals surface area (Å²) in [7, 11) is 0. The smallest absolute Gasteiger partial charge is 0.0590 e. The van der Waals surface area contributed by atoms with E-state index in [1.54, 1.807) is 0 Å². The Bertz CT molecular complexity index is 354. The van der Waals surface area contributed by atoms with Gasteiger partial charge in [0.2, 0.25) is 0 Å². The molecule has 2 aliphatic carbocycles. The molecular weight excluding hydrogens is 252 g/mol. The second-order valence-corrected chi connectivity index (χ2v) is 5.49. The summed E-state index contributed by atoms with van der Waals surface area (Å²) in [5.41, 5.74) is 1.20. The molecule has 2 aliphatic rings. The maximum Gasteiger partial charge on any atom is 0.0590 e. The van der Waals surface area contributed by atoms with Crippen LogP contribution in [0.1, 0.15) is 25.7 Å². The third-order valence-corrected chi connectivity index (χ3v) is 4.38. The SMILES string of the molecule is Brc1cnccc1NC1C2CCCCC21. The molecule has 2 saturated carbocycles. The van der Waals surface area contributed by atoms with Gasteiger partial charge in [0.15, 0.2) is 0 Å². The van der Waals surface area contributed by atoms with Gasteiger partial charge in [0, 0.05) is 18.4 Å². The Labute approximate surface area is 98.6 Å². The molecule has 1 heterocycles. The van der Waals surface area contributed by atoms with Crippen molar-refractivity contribution in [2.45, 2.75) is 31.7 Å². The van der Waals surface area contributed by atoms with Crippen LogP contribution in [0.5, 0.6) is 0 Å². The van der Waals surface area contributed by atoms with Gasteiger partial charge in [-0.25, -0.2) is 0 Å². The van der Waals surface area contributed by atoms with E-state index in [-0.39, 0.29) is 0 Å². The van der Waals surface area contributed by atoms with Gasteiger partial charge >= 0.3 is 0 Å². The molecule has 2 atom stereocenters. The van der Waals surface area contributed by atoms with Crippen molar-refractivity contribution >= 4 is 21.6 Å². The van der Waals surface area contributed by atoms with Gasteiger partial charge in [-0.15, -0.1) is 0 Å². The number of hydrogen-bond acceptors (Lipinski definition) is 2. The van der Waals surface area contributed by atoms with Crippen LogP contribution in [0.2, 0.25) is 0 Å². The van der Waals surface area contributed by atoms with Crippen LogP contribution in [-0.4, -0.2) is 11.0 Å². The van der Waals surface area contributed by atoms with Crippen molar-refractivity contribution in [2.24, 2.45) is 11.8 Å². The number of fused-ring (bicyclic) bond motifs is 1. The zero-order chi connectivity index (χ0) is 10.3. The lowest BCUT2D eigenvalue weighted by Crippen LogP contribution is -2.06. The van der Waals surface area contributed by atoms with Crippen molar-refractivity contribution in [3.05, 3.63) is 22.9 Å². The molecule has 2 unspecified atom stereocenters. The lowest BCUT2D eigenvalue weighted by molar-refractivity contribution is 0.480. The van der Waals surface area contributed by atoms with Crippen LogP contribution in [-0.2, 0) is 0 Å². The number of aromatic nitrogens is 1. The monoisotopic (exact) mass is 266 g/mol. The minimum absolute atomic E-state index is 0.728.